The van der Waals surface area contributed by atoms with Crippen LogP contribution in [0.5, 0.6) is 11.5 Å². The molecule has 0 aliphatic carbocycles. The zero-order valence-electron chi connectivity index (χ0n) is 14.6. The van der Waals surface area contributed by atoms with Crippen LogP contribution in [-0.2, 0) is 12.8 Å². The van der Waals surface area contributed by atoms with E-state index in [4.69, 9.17) is 4.74 Å². The van der Waals surface area contributed by atoms with E-state index in [0.29, 0.717) is 17.1 Å². The first kappa shape index (κ1) is 17.7. The Balaban J connectivity index is 1.81. The molecule has 132 valence electrons. The van der Waals surface area contributed by atoms with E-state index in [1.54, 1.807) is 19.1 Å². The Hall–Kier alpha value is -3.15. The van der Waals surface area contributed by atoms with Crippen molar-refractivity contribution >= 4 is 5.78 Å². The third-order valence-corrected chi connectivity index (χ3v) is 3.70. The van der Waals surface area contributed by atoms with Gasteiger partial charge in [0.2, 0.25) is 0 Å². The van der Waals surface area contributed by atoms with Crippen LogP contribution < -0.4 is 4.74 Å². The molecule has 3 heterocycles. The van der Waals surface area contributed by atoms with Gasteiger partial charge in [0.05, 0.1) is 18.8 Å². The van der Waals surface area contributed by atoms with Crippen LogP contribution in [0.1, 0.15) is 34.5 Å². The number of pyridine rings is 3. The van der Waals surface area contributed by atoms with Crippen LogP contribution in [0.2, 0.25) is 0 Å². The monoisotopic (exact) mass is 351 g/mol. The standard InChI is InChI=1S/C20H18FN3O2/c1-3-15-5-4-6-16(24-15)9-20(25)19-10-17(7-13(2)23-19)26-18-8-14(21)11-22-12-18/h4-8,10-12H,3,9H2,1-2H3. The zero-order valence-corrected chi connectivity index (χ0v) is 14.6. The van der Waals surface area contributed by atoms with Gasteiger partial charge in [0.25, 0.3) is 0 Å². The number of Topliss-reactive ketones (excluding diaryl/α,β-unsaturated/α-hetero) is 1. The molecule has 0 spiro atoms. The van der Waals surface area contributed by atoms with Crippen molar-refractivity contribution in [3.05, 3.63) is 77.4 Å². The Morgan fingerprint density at radius 2 is 1.88 bits per heavy atom. The molecule has 0 aromatic carbocycles. The average Bonchev–Trinajstić information content (AvgIpc) is 2.61. The third-order valence-electron chi connectivity index (χ3n) is 3.70. The van der Waals surface area contributed by atoms with Gasteiger partial charge in [-0.25, -0.2) is 9.37 Å². The fourth-order valence-electron chi connectivity index (χ4n) is 2.50. The summed E-state index contributed by atoms with van der Waals surface area (Å²) in [7, 11) is 0. The smallest absolute Gasteiger partial charge is 0.187 e. The number of ether oxygens (including phenoxy) is 1. The maximum Gasteiger partial charge on any atom is 0.187 e. The zero-order chi connectivity index (χ0) is 18.5. The van der Waals surface area contributed by atoms with E-state index < -0.39 is 5.82 Å². The second-order valence-corrected chi connectivity index (χ2v) is 5.84. The lowest BCUT2D eigenvalue weighted by Crippen LogP contribution is -2.09. The number of nitrogens with zero attached hydrogens (tertiary/aromatic N) is 3. The fourth-order valence-corrected chi connectivity index (χ4v) is 2.50. The molecule has 5 nitrogen and oxygen atoms in total. The predicted molar refractivity (Wildman–Crippen MR) is 94.9 cm³/mol. The van der Waals surface area contributed by atoms with Crippen LogP contribution in [0.3, 0.4) is 0 Å². The van der Waals surface area contributed by atoms with Gasteiger partial charge >= 0.3 is 0 Å². The SMILES string of the molecule is CCc1cccc(CC(=O)c2cc(Oc3cncc(F)c3)cc(C)n2)n1. The van der Waals surface area contributed by atoms with Gasteiger partial charge in [-0.2, -0.15) is 0 Å². The number of rotatable bonds is 6. The van der Waals surface area contributed by atoms with Gasteiger partial charge in [-0.1, -0.05) is 13.0 Å². The highest BCUT2D eigenvalue weighted by molar-refractivity contribution is 5.95. The lowest BCUT2D eigenvalue weighted by molar-refractivity contribution is 0.0986. The summed E-state index contributed by atoms with van der Waals surface area (Å²) in [6.07, 6.45) is 3.47. The van der Waals surface area contributed by atoms with Crippen LogP contribution in [-0.4, -0.2) is 20.7 Å². The van der Waals surface area contributed by atoms with Crippen molar-refractivity contribution in [3.63, 3.8) is 0 Å². The highest BCUT2D eigenvalue weighted by Crippen LogP contribution is 2.23. The summed E-state index contributed by atoms with van der Waals surface area (Å²) >= 11 is 0. The van der Waals surface area contributed by atoms with Gasteiger partial charge in [-0.15, -0.1) is 0 Å². The molecule has 0 aliphatic heterocycles. The summed E-state index contributed by atoms with van der Waals surface area (Å²) in [5.74, 6) is 0.0120. The van der Waals surface area contributed by atoms with E-state index >= 15 is 0 Å². The van der Waals surface area contributed by atoms with Gasteiger partial charge in [-0.05, 0) is 25.5 Å². The molecule has 0 saturated heterocycles. The molecule has 0 radical (unpaired) electrons. The Bertz CT molecular complexity index is 944. The number of carbonyl (C=O) groups excluding carboxylic acids is 1. The minimum absolute atomic E-state index is 0.156. The Labute approximate surface area is 150 Å². The van der Waals surface area contributed by atoms with Gasteiger partial charge in [0, 0.05) is 35.3 Å². The van der Waals surface area contributed by atoms with Crippen molar-refractivity contribution in [2.45, 2.75) is 26.7 Å². The summed E-state index contributed by atoms with van der Waals surface area (Å²) in [5.41, 5.74) is 2.56. The van der Waals surface area contributed by atoms with Crippen molar-refractivity contribution in [2.75, 3.05) is 0 Å². The molecule has 0 aliphatic rings. The molecule has 6 heteroatoms. The number of aryl methyl sites for hydroxylation is 2. The van der Waals surface area contributed by atoms with E-state index in [9.17, 15) is 9.18 Å². The maximum absolute atomic E-state index is 13.2. The lowest BCUT2D eigenvalue weighted by Gasteiger charge is -2.08. The van der Waals surface area contributed by atoms with Crippen molar-refractivity contribution in [2.24, 2.45) is 0 Å². The minimum atomic E-state index is -0.494. The molecule has 0 saturated carbocycles. The molecule has 3 rings (SSSR count). The van der Waals surface area contributed by atoms with Crippen LogP contribution >= 0.6 is 0 Å². The topological polar surface area (TPSA) is 65.0 Å². The average molecular weight is 351 g/mol. The molecule has 3 aromatic heterocycles. The van der Waals surface area contributed by atoms with Gasteiger partial charge < -0.3 is 4.74 Å². The largest absolute Gasteiger partial charge is 0.455 e. The molecule has 0 bridgehead atoms. The number of hydrogen-bond donors (Lipinski definition) is 0. The second kappa shape index (κ2) is 7.82. The highest BCUT2D eigenvalue weighted by Gasteiger charge is 2.13. The first-order valence-corrected chi connectivity index (χ1v) is 8.28. The predicted octanol–water partition coefficient (Wildman–Crippen LogP) is 4.10. The Morgan fingerprint density at radius 1 is 1.08 bits per heavy atom. The lowest BCUT2D eigenvalue weighted by atomic mass is 10.1. The number of halogens is 1. The van der Waals surface area contributed by atoms with E-state index in [-0.39, 0.29) is 23.6 Å². The molecule has 3 aromatic rings. The molecule has 0 fully saturated rings. The summed E-state index contributed by atoms with van der Waals surface area (Å²) in [6.45, 7) is 3.78. The first-order chi connectivity index (χ1) is 12.5. The Kier molecular flexibility index (Phi) is 5.31. The van der Waals surface area contributed by atoms with Gasteiger partial charge in [0.1, 0.15) is 23.0 Å². The molecule has 26 heavy (non-hydrogen) atoms. The van der Waals surface area contributed by atoms with E-state index in [1.807, 2.05) is 25.1 Å². The van der Waals surface area contributed by atoms with E-state index in [2.05, 4.69) is 15.0 Å². The van der Waals surface area contributed by atoms with E-state index in [1.165, 1.54) is 12.3 Å². The van der Waals surface area contributed by atoms with Crippen LogP contribution in [0.15, 0.2) is 48.8 Å². The van der Waals surface area contributed by atoms with Crippen LogP contribution in [0.4, 0.5) is 4.39 Å². The van der Waals surface area contributed by atoms with Crippen LogP contribution in [0, 0.1) is 12.7 Å². The van der Waals surface area contributed by atoms with Gasteiger partial charge in [0.15, 0.2) is 5.78 Å². The summed E-state index contributed by atoms with van der Waals surface area (Å²) in [5, 5.41) is 0. The van der Waals surface area contributed by atoms with E-state index in [0.717, 1.165) is 18.3 Å². The highest BCUT2D eigenvalue weighted by atomic mass is 19.1. The molecule has 0 amide bonds. The van der Waals surface area contributed by atoms with Crippen molar-refractivity contribution < 1.29 is 13.9 Å². The second-order valence-electron chi connectivity index (χ2n) is 5.84. The Morgan fingerprint density at radius 3 is 2.65 bits per heavy atom. The molecule has 0 N–H and O–H groups in total. The fraction of sp³-hybridized carbons (Fsp3) is 0.200. The molecule has 0 atom stereocenters. The van der Waals surface area contributed by atoms with Crippen molar-refractivity contribution in [3.8, 4) is 11.5 Å². The normalized spacial score (nSPS) is 10.6. The van der Waals surface area contributed by atoms with Crippen molar-refractivity contribution in [1.29, 1.82) is 0 Å². The maximum atomic E-state index is 13.2. The van der Waals surface area contributed by atoms with Gasteiger partial charge in [-0.3, -0.25) is 14.8 Å². The number of carbonyl (C=O) groups is 1. The first-order valence-electron chi connectivity index (χ1n) is 8.28. The molecular weight excluding hydrogens is 333 g/mol. The van der Waals surface area contributed by atoms with Crippen LogP contribution in [0.25, 0.3) is 0 Å². The summed E-state index contributed by atoms with van der Waals surface area (Å²) in [4.78, 5) is 25.1. The number of ketones is 1. The minimum Gasteiger partial charge on any atom is -0.455 e. The summed E-state index contributed by atoms with van der Waals surface area (Å²) < 4.78 is 18.9. The van der Waals surface area contributed by atoms with Crippen molar-refractivity contribution in [1.82, 2.24) is 15.0 Å². The number of hydrogen-bond acceptors (Lipinski definition) is 5. The molecular formula is C20H18FN3O2. The molecule has 0 unspecified atom stereocenters. The quantitative estimate of drug-likeness (QED) is 0.626. The third kappa shape index (κ3) is 4.47. The number of aromatic nitrogens is 3. The summed E-state index contributed by atoms with van der Waals surface area (Å²) in [6, 6.07) is 10.1.